The fraction of sp³-hybridized carbons (Fsp3) is 0.0385. The van der Waals surface area contributed by atoms with Gasteiger partial charge in [-0.15, -0.1) is 0 Å². The van der Waals surface area contributed by atoms with Gasteiger partial charge < -0.3 is 5.32 Å². The van der Waals surface area contributed by atoms with Gasteiger partial charge in [0.15, 0.2) is 29.1 Å². The van der Waals surface area contributed by atoms with E-state index in [0.29, 0.717) is 5.69 Å². The molecule has 1 aromatic heterocycles. The fourth-order valence-corrected chi connectivity index (χ4v) is 3.25. The first-order valence-corrected chi connectivity index (χ1v) is 10.3. The first-order valence-electron chi connectivity index (χ1n) is 10.3. The van der Waals surface area contributed by atoms with Crippen LogP contribution in [0.4, 0.5) is 27.8 Å². The number of carbonyl (C=O) groups excluding carboxylic acids is 1. The van der Waals surface area contributed by atoms with Crippen molar-refractivity contribution in [2.24, 2.45) is 0 Å². The molecule has 0 bridgehead atoms. The molecule has 4 nitrogen and oxygen atoms in total. The lowest BCUT2D eigenvalue weighted by Crippen LogP contribution is -2.20. The largest absolute Gasteiger partial charge is 0.309 e. The van der Waals surface area contributed by atoms with Crippen LogP contribution in [0, 0.1) is 29.1 Å². The maximum atomic E-state index is 14.0. The Morgan fingerprint density at radius 2 is 1.34 bits per heavy atom. The van der Waals surface area contributed by atoms with Crippen LogP contribution < -0.4 is 5.32 Å². The smallest absolute Gasteiger partial charge is 0.230 e. The van der Waals surface area contributed by atoms with Crippen LogP contribution in [0.25, 0.3) is 23.4 Å². The Hall–Kier alpha value is -4.40. The van der Waals surface area contributed by atoms with E-state index in [1.807, 2.05) is 60.7 Å². The highest BCUT2D eigenvalue weighted by Crippen LogP contribution is 2.25. The molecule has 0 saturated heterocycles. The van der Waals surface area contributed by atoms with Gasteiger partial charge in [-0.3, -0.25) is 4.79 Å². The Morgan fingerprint density at radius 1 is 0.771 bits per heavy atom. The molecular formula is C26H16F5N3O. The number of rotatable bonds is 6. The Morgan fingerprint density at radius 3 is 1.97 bits per heavy atom. The van der Waals surface area contributed by atoms with E-state index in [1.54, 1.807) is 12.2 Å². The molecule has 0 unspecified atom stereocenters. The molecule has 0 radical (unpaired) electrons. The molecule has 176 valence electrons. The quantitative estimate of drug-likeness (QED) is 0.203. The number of halogens is 5. The van der Waals surface area contributed by atoms with Crippen molar-refractivity contribution in [1.29, 1.82) is 0 Å². The van der Waals surface area contributed by atoms with E-state index in [2.05, 4.69) is 15.3 Å². The van der Waals surface area contributed by atoms with E-state index in [9.17, 15) is 26.7 Å². The summed E-state index contributed by atoms with van der Waals surface area (Å²) in [7, 11) is 0. The second kappa shape index (κ2) is 10.3. The lowest BCUT2D eigenvalue weighted by molar-refractivity contribution is -0.115. The van der Waals surface area contributed by atoms with Gasteiger partial charge >= 0.3 is 0 Å². The summed E-state index contributed by atoms with van der Waals surface area (Å²) in [5.74, 6) is -11.7. The molecule has 1 amide bonds. The standard InChI is InChI=1S/C26H16F5N3O/c27-21-17(22(28)24(30)25(31)23(21)29)13-20(35)34-26-18(12-11-15-7-3-1-4-8-15)33-19(14-32-26)16-9-5-2-6-10-16/h1-12,14H,13H2,(H,32,34,35)/b12-11+. The van der Waals surface area contributed by atoms with Crippen LogP contribution in [0.3, 0.4) is 0 Å². The minimum absolute atomic E-state index is 0.0502. The first-order chi connectivity index (χ1) is 16.8. The highest BCUT2D eigenvalue weighted by Gasteiger charge is 2.27. The monoisotopic (exact) mass is 481 g/mol. The minimum Gasteiger partial charge on any atom is -0.309 e. The van der Waals surface area contributed by atoms with E-state index < -0.39 is 47.0 Å². The number of nitrogens with one attached hydrogen (secondary N) is 1. The summed E-state index contributed by atoms with van der Waals surface area (Å²) >= 11 is 0. The van der Waals surface area contributed by atoms with Gasteiger partial charge in [0.2, 0.25) is 11.7 Å². The average molecular weight is 481 g/mol. The van der Waals surface area contributed by atoms with Crippen molar-refractivity contribution in [3.05, 3.63) is 113 Å². The molecule has 9 heteroatoms. The summed E-state index contributed by atoms with van der Waals surface area (Å²) in [5, 5.41) is 2.35. The zero-order valence-corrected chi connectivity index (χ0v) is 17.9. The van der Waals surface area contributed by atoms with Crippen LogP contribution in [0.5, 0.6) is 0 Å². The van der Waals surface area contributed by atoms with E-state index in [-0.39, 0.29) is 11.5 Å². The number of aromatic nitrogens is 2. The van der Waals surface area contributed by atoms with Crippen molar-refractivity contribution in [1.82, 2.24) is 9.97 Å². The summed E-state index contributed by atoms with van der Waals surface area (Å²) in [6.45, 7) is 0. The summed E-state index contributed by atoms with van der Waals surface area (Å²) in [4.78, 5) is 21.2. The summed E-state index contributed by atoms with van der Waals surface area (Å²) in [5.41, 5.74) is 1.07. The molecule has 0 fully saturated rings. The van der Waals surface area contributed by atoms with E-state index in [0.717, 1.165) is 11.1 Å². The maximum absolute atomic E-state index is 14.0. The van der Waals surface area contributed by atoms with Gasteiger partial charge in [0, 0.05) is 11.1 Å². The van der Waals surface area contributed by atoms with Crippen LogP contribution in [0.2, 0.25) is 0 Å². The van der Waals surface area contributed by atoms with Crippen molar-refractivity contribution >= 4 is 23.9 Å². The van der Waals surface area contributed by atoms with E-state index in [4.69, 9.17) is 0 Å². The van der Waals surface area contributed by atoms with Crippen molar-refractivity contribution in [3.63, 3.8) is 0 Å². The summed E-state index contributed by atoms with van der Waals surface area (Å²) < 4.78 is 68.2. The molecule has 0 aliphatic heterocycles. The number of carbonyl (C=O) groups is 1. The third-order valence-corrected chi connectivity index (χ3v) is 5.00. The molecule has 0 spiro atoms. The molecule has 1 heterocycles. The van der Waals surface area contributed by atoms with Gasteiger partial charge in [0.05, 0.1) is 18.3 Å². The molecular weight excluding hydrogens is 465 g/mol. The number of hydrogen-bond acceptors (Lipinski definition) is 3. The second-order valence-corrected chi connectivity index (χ2v) is 7.37. The predicted molar refractivity (Wildman–Crippen MR) is 121 cm³/mol. The van der Waals surface area contributed by atoms with Gasteiger partial charge in [0.1, 0.15) is 5.69 Å². The Kier molecular flexibility index (Phi) is 6.96. The molecule has 35 heavy (non-hydrogen) atoms. The predicted octanol–water partition coefficient (Wildman–Crippen LogP) is 6.19. The van der Waals surface area contributed by atoms with Crippen molar-refractivity contribution in [3.8, 4) is 11.3 Å². The number of anilines is 1. The number of amides is 1. The SMILES string of the molecule is O=C(Cc1c(F)c(F)c(F)c(F)c1F)Nc1ncc(-c2ccccc2)nc1/C=C/c1ccccc1. The second-order valence-electron chi connectivity index (χ2n) is 7.37. The molecule has 0 aliphatic carbocycles. The lowest BCUT2D eigenvalue weighted by atomic mass is 10.1. The number of nitrogens with zero attached hydrogens (tertiary/aromatic N) is 2. The first kappa shape index (κ1) is 23.7. The van der Waals surface area contributed by atoms with Crippen LogP contribution in [-0.4, -0.2) is 15.9 Å². The normalized spacial score (nSPS) is 11.1. The van der Waals surface area contributed by atoms with Crippen molar-refractivity contribution in [2.75, 3.05) is 5.32 Å². The Balaban J connectivity index is 1.66. The molecule has 0 aliphatic rings. The molecule has 0 saturated carbocycles. The molecule has 4 rings (SSSR count). The summed E-state index contributed by atoms with van der Waals surface area (Å²) in [6, 6.07) is 18.3. The van der Waals surface area contributed by atoms with Crippen LogP contribution in [0.15, 0.2) is 66.9 Å². The number of hydrogen-bond donors (Lipinski definition) is 1. The molecule has 4 aromatic rings. The zero-order chi connectivity index (χ0) is 24.9. The van der Waals surface area contributed by atoms with Gasteiger partial charge in [-0.1, -0.05) is 66.7 Å². The van der Waals surface area contributed by atoms with Crippen molar-refractivity contribution in [2.45, 2.75) is 6.42 Å². The van der Waals surface area contributed by atoms with Crippen LogP contribution in [-0.2, 0) is 11.2 Å². The molecule has 3 aromatic carbocycles. The van der Waals surface area contributed by atoms with Gasteiger partial charge in [-0.25, -0.2) is 31.9 Å². The Labute approximate surface area is 196 Å². The maximum Gasteiger partial charge on any atom is 0.230 e. The van der Waals surface area contributed by atoms with Crippen LogP contribution >= 0.6 is 0 Å². The van der Waals surface area contributed by atoms with Gasteiger partial charge in [-0.05, 0) is 11.6 Å². The zero-order valence-electron chi connectivity index (χ0n) is 17.9. The molecule has 1 N–H and O–H groups in total. The van der Waals surface area contributed by atoms with E-state index in [1.165, 1.54) is 6.20 Å². The topological polar surface area (TPSA) is 54.9 Å². The Bertz CT molecular complexity index is 1380. The van der Waals surface area contributed by atoms with Gasteiger partial charge in [-0.2, -0.15) is 0 Å². The highest BCUT2D eigenvalue weighted by atomic mass is 19.2. The lowest BCUT2D eigenvalue weighted by Gasteiger charge is -2.11. The number of benzene rings is 3. The third kappa shape index (κ3) is 5.24. The van der Waals surface area contributed by atoms with E-state index >= 15 is 0 Å². The minimum atomic E-state index is -2.29. The fourth-order valence-electron chi connectivity index (χ4n) is 3.25. The summed E-state index contributed by atoms with van der Waals surface area (Å²) in [6.07, 6.45) is 3.60. The third-order valence-electron chi connectivity index (χ3n) is 5.00. The highest BCUT2D eigenvalue weighted by molar-refractivity contribution is 5.93. The van der Waals surface area contributed by atoms with Crippen LogP contribution in [0.1, 0.15) is 16.8 Å². The van der Waals surface area contributed by atoms with Gasteiger partial charge in [0.25, 0.3) is 0 Å². The average Bonchev–Trinajstić information content (AvgIpc) is 2.89. The van der Waals surface area contributed by atoms with Crippen molar-refractivity contribution < 1.29 is 26.7 Å². The molecule has 0 atom stereocenters.